The fraction of sp³-hybridized carbons (Fsp3) is 0.375. The molecule has 4 nitrogen and oxygen atoms in total. The number of hydrogen-bond acceptors (Lipinski definition) is 4. The van der Waals surface area contributed by atoms with Crippen molar-refractivity contribution < 1.29 is 14.1 Å². The van der Waals surface area contributed by atoms with Crippen molar-refractivity contribution in [2.75, 3.05) is 0 Å². The smallest absolute Gasteiger partial charge is 0.305 e. The highest BCUT2D eigenvalue weighted by Gasteiger charge is 2.16. The summed E-state index contributed by atoms with van der Waals surface area (Å²) in [6, 6.07) is 4.22. The van der Waals surface area contributed by atoms with Gasteiger partial charge in [-0.25, -0.2) is 0 Å². The summed E-state index contributed by atoms with van der Waals surface area (Å²) < 4.78 is 10.2. The number of aromatic nitrogens is 1. The maximum absolute atomic E-state index is 11.3. The predicted molar refractivity (Wildman–Crippen MR) is 76.2 cm³/mol. The Morgan fingerprint density at radius 1 is 1.25 bits per heavy atom. The Hall–Kier alpha value is -2.10. The van der Waals surface area contributed by atoms with Gasteiger partial charge < -0.3 is 9.26 Å². The van der Waals surface area contributed by atoms with Gasteiger partial charge in [-0.15, -0.1) is 0 Å². The van der Waals surface area contributed by atoms with E-state index in [1.807, 2.05) is 13.8 Å². The summed E-state index contributed by atoms with van der Waals surface area (Å²) in [5.41, 5.74) is 6.09. The van der Waals surface area contributed by atoms with Crippen molar-refractivity contribution in [3.8, 4) is 11.3 Å². The maximum atomic E-state index is 11.3. The van der Waals surface area contributed by atoms with Gasteiger partial charge >= 0.3 is 5.97 Å². The van der Waals surface area contributed by atoms with Crippen LogP contribution < -0.4 is 0 Å². The number of esters is 1. The van der Waals surface area contributed by atoms with Crippen LogP contribution >= 0.6 is 0 Å². The highest BCUT2D eigenvalue weighted by molar-refractivity contribution is 5.71. The van der Waals surface area contributed by atoms with Gasteiger partial charge in [-0.2, -0.15) is 0 Å². The molecule has 0 bridgehead atoms. The van der Waals surface area contributed by atoms with E-state index in [9.17, 15) is 4.79 Å². The topological polar surface area (TPSA) is 52.3 Å². The van der Waals surface area contributed by atoms with Crippen molar-refractivity contribution in [1.29, 1.82) is 0 Å². The fourth-order valence-corrected chi connectivity index (χ4v) is 2.38. The first-order valence-electron chi connectivity index (χ1n) is 6.70. The zero-order chi connectivity index (χ0) is 14.7. The van der Waals surface area contributed by atoms with E-state index in [1.54, 1.807) is 6.92 Å². The third-order valence-electron chi connectivity index (χ3n) is 3.23. The van der Waals surface area contributed by atoms with Crippen molar-refractivity contribution in [2.45, 2.75) is 40.7 Å². The van der Waals surface area contributed by atoms with E-state index in [0.29, 0.717) is 6.42 Å². The van der Waals surface area contributed by atoms with Crippen LogP contribution in [-0.4, -0.2) is 11.1 Å². The second-order valence-electron chi connectivity index (χ2n) is 4.98. The van der Waals surface area contributed by atoms with Crippen LogP contribution in [0.25, 0.3) is 11.3 Å². The summed E-state index contributed by atoms with van der Waals surface area (Å²) in [5.74, 6) is -0.227. The molecule has 0 saturated carbocycles. The van der Waals surface area contributed by atoms with E-state index in [1.165, 1.54) is 11.8 Å². The number of carbonyl (C=O) groups is 1. The van der Waals surface area contributed by atoms with E-state index in [4.69, 9.17) is 9.26 Å². The molecule has 0 aliphatic carbocycles. The summed E-state index contributed by atoms with van der Waals surface area (Å²) in [6.45, 7) is 8.12. The van der Waals surface area contributed by atoms with Crippen molar-refractivity contribution in [3.63, 3.8) is 0 Å². The van der Waals surface area contributed by atoms with Crippen molar-refractivity contribution in [3.05, 3.63) is 40.6 Å². The zero-order valence-electron chi connectivity index (χ0n) is 12.3. The molecule has 0 aliphatic rings. The van der Waals surface area contributed by atoms with Gasteiger partial charge in [0, 0.05) is 12.0 Å². The molecule has 0 radical (unpaired) electrons. The number of aryl methyl sites for hydroxylation is 3. The average Bonchev–Trinajstić information content (AvgIpc) is 2.83. The van der Waals surface area contributed by atoms with Gasteiger partial charge in [-0.3, -0.25) is 4.79 Å². The summed E-state index contributed by atoms with van der Waals surface area (Å²) in [4.78, 5) is 11.3. The Balaban J connectivity index is 2.35. The van der Waals surface area contributed by atoms with Crippen molar-refractivity contribution >= 4 is 5.97 Å². The average molecular weight is 273 g/mol. The minimum atomic E-state index is -0.227. The predicted octanol–water partition coefficient (Wildman–Crippen LogP) is 3.72. The van der Waals surface area contributed by atoms with E-state index in [2.05, 4.69) is 24.2 Å². The number of hydrogen-bond donors (Lipinski definition) is 0. The molecule has 0 N–H and O–H groups in total. The number of nitrogens with zero attached hydrogens (tertiary/aromatic N) is 1. The molecule has 0 atom stereocenters. The Bertz CT molecular complexity index is 605. The van der Waals surface area contributed by atoms with E-state index in [-0.39, 0.29) is 12.6 Å². The first-order chi connectivity index (χ1) is 9.52. The van der Waals surface area contributed by atoms with Gasteiger partial charge in [0.25, 0.3) is 0 Å². The molecule has 1 heterocycles. The zero-order valence-corrected chi connectivity index (χ0v) is 12.3. The lowest BCUT2D eigenvalue weighted by molar-refractivity contribution is -0.144. The van der Waals surface area contributed by atoms with Gasteiger partial charge in [-0.1, -0.05) is 29.8 Å². The molecule has 0 aliphatic heterocycles. The third-order valence-corrected chi connectivity index (χ3v) is 3.23. The summed E-state index contributed by atoms with van der Waals surface area (Å²) in [6.07, 6.45) is 1.90. The minimum absolute atomic E-state index is 0.193. The quantitative estimate of drug-likeness (QED) is 0.797. The van der Waals surface area contributed by atoms with Crippen molar-refractivity contribution in [2.24, 2.45) is 0 Å². The highest BCUT2D eigenvalue weighted by atomic mass is 16.5. The van der Waals surface area contributed by atoms with E-state index >= 15 is 0 Å². The number of ether oxygens (including phenoxy) is 1. The molecular formula is C16H19NO3. The van der Waals surface area contributed by atoms with Crippen LogP contribution in [0.15, 0.2) is 22.9 Å². The van der Waals surface area contributed by atoms with Crippen LogP contribution in [0, 0.1) is 20.8 Å². The molecule has 1 aromatic heterocycles. The van der Waals surface area contributed by atoms with Crippen LogP contribution in [0.1, 0.15) is 35.6 Å². The first kappa shape index (κ1) is 14.3. The lowest BCUT2D eigenvalue weighted by atomic mass is 9.96. The number of benzene rings is 1. The fourth-order valence-electron chi connectivity index (χ4n) is 2.38. The molecule has 2 aromatic rings. The largest absolute Gasteiger partial charge is 0.461 e. The molecule has 0 amide bonds. The maximum Gasteiger partial charge on any atom is 0.305 e. The molecular weight excluding hydrogens is 254 g/mol. The minimum Gasteiger partial charge on any atom is -0.461 e. The monoisotopic (exact) mass is 273 g/mol. The first-order valence-corrected chi connectivity index (χ1v) is 6.70. The molecule has 1 aromatic carbocycles. The Labute approximate surface area is 118 Å². The van der Waals surface area contributed by atoms with Crippen LogP contribution in [0.5, 0.6) is 0 Å². The standard InChI is InChI=1S/C16H19NO3/c1-5-14(18)19-8-13-9-20-17-16(13)15-11(3)6-10(2)7-12(15)4/h6-7,9H,5,8H2,1-4H3. The SMILES string of the molecule is CCC(=O)OCc1conc1-c1c(C)cc(C)cc1C. The van der Waals surface area contributed by atoms with Gasteiger partial charge in [-0.05, 0) is 31.9 Å². The Morgan fingerprint density at radius 3 is 2.50 bits per heavy atom. The van der Waals surface area contributed by atoms with Gasteiger partial charge in [0.1, 0.15) is 18.6 Å². The van der Waals surface area contributed by atoms with Crippen molar-refractivity contribution in [1.82, 2.24) is 5.16 Å². The molecule has 0 unspecified atom stereocenters. The molecule has 0 saturated heterocycles. The molecule has 2 rings (SSSR count). The van der Waals surface area contributed by atoms with E-state index < -0.39 is 0 Å². The number of rotatable bonds is 4. The second-order valence-corrected chi connectivity index (χ2v) is 4.98. The Morgan fingerprint density at radius 2 is 1.90 bits per heavy atom. The summed E-state index contributed by atoms with van der Waals surface area (Å²) >= 11 is 0. The van der Waals surface area contributed by atoms with Crippen LogP contribution in [-0.2, 0) is 16.1 Å². The van der Waals surface area contributed by atoms with Gasteiger partial charge in [0.05, 0.1) is 5.56 Å². The molecule has 106 valence electrons. The number of carbonyl (C=O) groups excluding carboxylic acids is 1. The second kappa shape index (κ2) is 5.90. The molecule has 0 fully saturated rings. The van der Waals surface area contributed by atoms with E-state index in [0.717, 1.165) is 27.9 Å². The van der Waals surface area contributed by atoms with Crippen LogP contribution in [0.4, 0.5) is 0 Å². The molecule has 0 spiro atoms. The lowest BCUT2D eigenvalue weighted by Crippen LogP contribution is -2.03. The van der Waals surface area contributed by atoms with Crippen LogP contribution in [0.2, 0.25) is 0 Å². The lowest BCUT2D eigenvalue weighted by Gasteiger charge is -2.10. The molecule has 20 heavy (non-hydrogen) atoms. The molecule has 4 heteroatoms. The third kappa shape index (κ3) is 2.90. The van der Waals surface area contributed by atoms with Gasteiger partial charge in [0.15, 0.2) is 0 Å². The normalized spacial score (nSPS) is 10.6. The summed E-state index contributed by atoms with van der Waals surface area (Å²) in [5, 5.41) is 4.08. The highest BCUT2D eigenvalue weighted by Crippen LogP contribution is 2.30. The van der Waals surface area contributed by atoms with Gasteiger partial charge in [0.2, 0.25) is 0 Å². The summed E-state index contributed by atoms with van der Waals surface area (Å²) in [7, 11) is 0. The van der Waals surface area contributed by atoms with Crippen LogP contribution in [0.3, 0.4) is 0 Å². The Kier molecular flexibility index (Phi) is 4.23.